The summed E-state index contributed by atoms with van der Waals surface area (Å²) in [5.41, 5.74) is 13.3. The van der Waals surface area contributed by atoms with Gasteiger partial charge in [-0.05, 0) is 39.9 Å². The lowest BCUT2D eigenvalue weighted by Crippen LogP contribution is -2.31. The van der Waals surface area contributed by atoms with Gasteiger partial charge in [0, 0.05) is 24.3 Å². The van der Waals surface area contributed by atoms with Crippen molar-refractivity contribution in [3.63, 3.8) is 0 Å². The third-order valence-electron chi connectivity index (χ3n) is 7.01. The van der Waals surface area contributed by atoms with Crippen LogP contribution in [0.4, 0.5) is 0 Å². The smallest absolute Gasteiger partial charge is 0.184 e. The van der Waals surface area contributed by atoms with E-state index in [1.807, 2.05) is 48.5 Å². The Hall–Kier alpha value is -3.04. The van der Waals surface area contributed by atoms with Crippen molar-refractivity contribution < 1.29 is 14.6 Å². The second-order valence-electron chi connectivity index (χ2n) is 9.59. The van der Waals surface area contributed by atoms with E-state index in [4.69, 9.17) is 20.2 Å². The van der Waals surface area contributed by atoms with Crippen LogP contribution in [0.3, 0.4) is 0 Å². The molecule has 1 saturated heterocycles. The molecular formula is C32H30N2O3S2. The molecule has 5 nitrogen and oxygen atoms in total. The molecule has 3 atom stereocenters. The van der Waals surface area contributed by atoms with Crippen LogP contribution in [0.25, 0.3) is 21.3 Å². The summed E-state index contributed by atoms with van der Waals surface area (Å²) in [4.78, 5) is 4.79. The summed E-state index contributed by atoms with van der Waals surface area (Å²) in [7, 11) is 0. The van der Waals surface area contributed by atoms with Crippen molar-refractivity contribution in [3.05, 3.63) is 119 Å². The van der Waals surface area contributed by atoms with Crippen LogP contribution >= 0.6 is 23.1 Å². The molecular weight excluding hydrogens is 524 g/mol. The number of aliphatic hydroxyl groups is 1. The van der Waals surface area contributed by atoms with Crippen LogP contribution in [-0.4, -0.2) is 21.9 Å². The van der Waals surface area contributed by atoms with Crippen molar-refractivity contribution in [1.29, 1.82) is 0 Å². The molecule has 4 aromatic carbocycles. The van der Waals surface area contributed by atoms with Crippen molar-refractivity contribution in [2.45, 2.75) is 42.4 Å². The second-order valence-corrected chi connectivity index (χ2v) is 11.9. The molecule has 6 rings (SSSR count). The zero-order chi connectivity index (χ0) is 26.6. The maximum Gasteiger partial charge on any atom is 0.184 e. The molecule has 1 aliphatic rings. The van der Waals surface area contributed by atoms with Crippen LogP contribution in [0.5, 0.6) is 0 Å². The normalized spacial score (nSPS) is 19.4. The number of nitrogens with zero attached hydrogens (tertiary/aromatic N) is 1. The number of aliphatic hydroxyl groups excluding tert-OH is 1. The van der Waals surface area contributed by atoms with Gasteiger partial charge in [0.1, 0.15) is 0 Å². The monoisotopic (exact) mass is 554 g/mol. The molecule has 198 valence electrons. The Bertz CT molecular complexity index is 1500. The van der Waals surface area contributed by atoms with Crippen LogP contribution in [0.15, 0.2) is 101 Å². The highest BCUT2D eigenvalue weighted by atomic mass is 32.2. The van der Waals surface area contributed by atoms with Gasteiger partial charge in [-0.15, -0.1) is 11.3 Å². The number of nitrogens with two attached hydrogens (primary N) is 1. The number of fused-ring (bicyclic) bond motifs is 1. The third kappa shape index (κ3) is 5.94. The van der Waals surface area contributed by atoms with Gasteiger partial charge in [-0.25, -0.2) is 4.98 Å². The molecule has 1 aromatic heterocycles. The summed E-state index contributed by atoms with van der Waals surface area (Å²) in [6.45, 7) is 0.524. The highest BCUT2D eigenvalue weighted by Crippen LogP contribution is 2.40. The molecule has 5 aromatic rings. The van der Waals surface area contributed by atoms with E-state index < -0.39 is 6.29 Å². The number of thioether (sulfide) groups is 1. The molecule has 0 saturated carbocycles. The van der Waals surface area contributed by atoms with Crippen molar-refractivity contribution in [3.8, 4) is 11.1 Å². The minimum Gasteiger partial charge on any atom is -0.392 e. The van der Waals surface area contributed by atoms with Crippen molar-refractivity contribution in [2.75, 3.05) is 5.75 Å². The maximum absolute atomic E-state index is 9.47. The summed E-state index contributed by atoms with van der Waals surface area (Å²) in [5.74, 6) is 0.785. The van der Waals surface area contributed by atoms with Crippen molar-refractivity contribution in [2.24, 2.45) is 5.73 Å². The fourth-order valence-electron chi connectivity index (χ4n) is 4.90. The first-order valence-corrected chi connectivity index (χ1v) is 14.9. The molecule has 1 aliphatic heterocycles. The lowest BCUT2D eigenvalue weighted by molar-refractivity contribution is -0.245. The maximum atomic E-state index is 9.47. The number of rotatable bonds is 8. The number of para-hydroxylation sites is 1. The molecule has 1 fully saturated rings. The Morgan fingerprint density at radius 1 is 0.872 bits per heavy atom. The van der Waals surface area contributed by atoms with Gasteiger partial charge in [-0.3, -0.25) is 0 Å². The minimum absolute atomic E-state index is 0.0130. The average molecular weight is 555 g/mol. The van der Waals surface area contributed by atoms with Crippen LogP contribution in [-0.2, 0) is 22.6 Å². The largest absolute Gasteiger partial charge is 0.392 e. The highest BCUT2D eigenvalue weighted by Gasteiger charge is 2.32. The van der Waals surface area contributed by atoms with E-state index in [9.17, 15) is 5.11 Å². The van der Waals surface area contributed by atoms with Crippen LogP contribution < -0.4 is 5.73 Å². The van der Waals surface area contributed by atoms with Gasteiger partial charge in [-0.2, -0.15) is 0 Å². The Balaban J connectivity index is 1.23. The molecule has 0 radical (unpaired) electrons. The van der Waals surface area contributed by atoms with Gasteiger partial charge >= 0.3 is 0 Å². The molecule has 0 unspecified atom stereocenters. The van der Waals surface area contributed by atoms with E-state index in [1.165, 1.54) is 4.70 Å². The quantitative estimate of drug-likeness (QED) is 0.197. The number of ether oxygens (including phenoxy) is 2. The van der Waals surface area contributed by atoms with E-state index in [0.29, 0.717) is 6.54 Å². The SMILES string of the molecule is NCc1ccccc1-c1ccc([C@@H]2O[C@H](CSc3nc4ccccc4s3)C[C@H](c3ccc(CO)cc3)O2)cc1. The predicted octanol–water partition coefficient (Wildman–Crippen LogP) is 7.25. The molecule has 2 heterocycles. The summed E-state index contributed by atoms with van der Waals surface area (Å²) < 4.78 is 15.3. The molecule has 0 amide bonds. The minimum atomic E-state index is -0.485. The predicted molar refractivity (Wildman–Crippen MR) is 159 cm³/mol. The number of hydrogen-bond donors (Lipinski definition) is 2. The van der Waals surface area contributed by atoms with Gasteiger partial charge in [0.05, 0.1) is 29.0 Å². The highest BCUT2D eigenvalue weighted by molar-refractivity contribution is 8.01. The number of aromatic nitrogens is 1. The number of benzene rings is 4. The molecule has 3 N–H and O–H groups in total. The molecule has 0 aliphatic carbocycles. The fraction of sp³-hybridized carbons (Fsp3) is 0.219. The van der Waals surface area contributed by atoms with Gasteiger partial charge in [-0.1, -0.05) is 96.7 Å². The van der Waals surface area contributed by atoms with Gasteiger partial charge in [0.2, 0.25) is 0 Å². The lowest BCUT2D eigenvalue weighted by atomic mass is 9.98. The molecule has 39 heavy (non-hydrogen) atoms. The van der Waals surface area contributed by atoms with Gasteiger partial charge in [0.15, 0.2) is 10.6 Å². The Morgan fingerprint density at radius 3 is 2.38 bits per heavy atom. The topological polar surface area (TPSA) is 77.6 Å². The second kappa shape index (κ2) is 12.0. The van der Waals surface area contributed by atoms with E-state index in [2.05, 4.69) is 48.5 Å². The molecule has 0 bridgehead atoms. The zero-order valence-corrected chi connectivity index (χ0v) is 23.0. The van der Waals surface area contributed by atoms with E-state index in [-0.39, 0.29) is 18.8 Å². The number of thiazole rings is 1. The third-order valence-corrected chi connectivity index (χ3v) is 9.32. The Kier molecular flexibility index (Phi) is 8.06. The first kappa shape index (κ1) is 26.2. The van der Waals surface area contributed by atoms with Crippen LogP contribution in [0, 0.1) is 0 Å². The van der Waals surface area contributed by atoms with Crippen LogP contribution in [0.1, 0.15) is 41.1 Å². The first-order valence-electron chi connectivity index (χ1n) is 13.1. The number of hydrogen-bond acceptors (Lipinski definition) is 7. The first-order chi connectivity index (χ1) is 19.2. The summed E-state index contributed by atoms with van der Waals surface area (Å²) >= 11 is 3.46. The van der Waals surface area contributed by atoms with Crippen molar-refractivity contribution >= 4 is 33.3 Å². The Labute approximate surface area is 236 Å². The fourth-order valence-corrected chi connectivity index (χ4v) is 7.01. The Morgan fingerprint density at radius 2 is 1.62 bits per heavy atom. The van der Waals surface area contributed by atoms with Crippen molar-refractivity contribution in [1.82, 2.24) is 4.98 Å². The zero-order valence-electron chi connectivity index (χ0n) is 21.4. The summed E-state index contributed by atoms with van der Waals surface area (Å²) in [6, 6.07) is 32.9. The average Bonchev–Trinajstić information content (AvgIpc) is 3.43. The van der Waals surface area contributed by atoms with E-state index >= 15 is 0 Å². The van der Waals surface area contributed by atoms with E-state index in [0.717, 1.165) is 55.4 Å². The van der Waals surface area contributed by atoms with E-state index in [1.54, 1.807) is 23.1 Å². The van der Waals surface area contributed by atoms with Crippen LogP contribution in [0.2, 0.25) is 0 Å². The molecule has 7 heteroatoms. The summed E-state index contributed by atoms with van der Waals surface area (Å²) in [6.07, 6.45) is 0.131. The standard InChI is InChI=1S/C32H30N2O3S2/c33-18-25-5-1-2-6-27(25)22-13-15-24(16-14-22)31-36-26(17-29(37-31)23-11-9-21(19-35)10-12-23)20-38-32-34-28-7-3-4-8-30(28)39-32/h1-16,26,29,31,35H,17-20,33H2/t26-,29+,31+/m0/s1. The molecule has 0 spiro atoms. The van der Waals surface area contributed by atoms with Gasteiger partial charge in [0.25, 0.3) is 0 Å². The lowest BCUT2D eigenvalue weighted by Gasteiger charge is -2.36. The van der Waals surface area contributed by atoms with Gasteiger partial charge < -0.3 is 20.3 Å². The summed E-state index contributed by atoms with van der Waals surface area (Å²) in [5, 5.41) is 9.47.